The fourth-order valence-electron chi connectivity index (χ4n) is 3.07. The molecule has 2 aliphatic heterocycles. The summed E-state index contributed by atoms with van der Waals surface area (Å²) in [5.41, 5.74) is 0.698. The highest BCUT2D eigenvalue weighted by atomic mass is 16.5. The summed E-state index contributed by atoms with van der Waals surface area (Å²) in [5.74, 6) is 0. The lowest BCUT2D eigenvalue weighted by atomic mass is 9.76. The van der Waals surface area contributed by atoms with E-state index in [0.717, 1.165) is 19.6 Å². The molecule has 2 saturated heterocycles. The van der Waals surface area contributed by atoms with Gasteiger partial charge in [0.1, 0.15) is 0 Å². The molecule has 0 aromatic carbocycles. The van der Waals surface area contributed by atoms with Crippen molar-refractivity contribution in [2.75, 3.05) is 26.2 Å². The van der Waals surface area contributed by atoms with Gasteiger partial charge in [-0.2, -0.15) is 0 Å². The third-order valence-electron chi connectivity index (χ3n) is 5.17. The van der Waals surface area contributed by atoms with E-state index in [2.05, 4.69) is 31.4 Å². The highest BCUT2D eigenvalue weighted by molar-refractivity contribution is 4.96. The zero-order valence-corrected chi connectivity index (χ0v) is 11.6. The third-order valence-corrected chi connectivity index (χ3v) is 5.17. The normalized spacial score (nSPS) is 37.2. The van der Waals surface area contributed by atoms with Crippen molar-refractivity contribution in [3.05, 3.63) is 0 Å². The molecule has 3 nitrogen and oxygen atoms in total. The van der Waals surface area contributed by atoms with Gasteiger partial charge in [-0.05, 0) is 58.0 Å². The van der Waals surface area contributed by atoms with Crippen LogP contribution in [0.2, 0.25) is 0 Å². The molecular formula is C14H28N2O. The molecule has 2 unspecified atom stereocenters. The SMILES string of the molecule is CCC1(CNC2(C)CCOC2C)CCNCC1. The van der Waals surface area contributed by atoms with Gasteiger partial charge in [-0.25, -0.2) is 0 Å². The van der Waals surface area contributed by atoms with Gasteiger partial charge in [0.2, 0.25) is 0 Å². The Labute approximate surface area is 106 Å². The summed E-state index contributed by atoms with van der Waals surface area (Å²) in [7, 11) is 0. The maximum atomic E-state index is 5.70. The molecule has 0 spiro atoms. The zero-order valence-electron chi connectivity index (χ0n) is 11.6. The maximum absolute atomic E-state index is 5.70. The second kappa shape index (κ2) is 5.25. The van der Waals surface area contributed by atoms with E-state index >= 15 is 0 Å². The second-order valence-electron chi connectivity index (χ2n) is 6.14. The van der Waals surface area contributed by atoms with Gasteiger partial charge in [0.15, 0.2) is 0 Å². The van der Waals surface area contributed by atoms with Gasteiger partial charge in [-0.15, -0.1) is 0 Å². The molecular weight excluding hydrogens is 212 g/mol. The smallest absolute Gasteiger partial charge is 0.0726 e. The molecule has 0 aromatic heterocycles. The van der Waals surface area contributed by atoms with E-state index in [9.17, 15) is 0 Å². The first kappa shape index (κ1) is 13.3. The van der Waals surface area contributed by atoms with Crippen molar-refractivity contribution in [1.82, 2.24) is 10.6 Å². The average molecular weight is 240 g/mol. The van der Waals surface area contributed by atoms with Crippen LogP contribution in [-0.4, -0.2) is 37.9 Å². The summed E-state index contributed by atoms with van der Waals surface area (Å²) in [6.07, 6.45) is 5.39. The highest BCUT2D eigenvalue weighted by Gasteiger charge is 2.39. The molecule has 2 heterocycles. The number of ether oxygens (including phenoxy) is 1. The Kier molecular flexibility index (Phi) is 4.11. The summed E-state index contributed by atoms with van der Waals surface area (Å²) in [4.78, 5) is 0. The van der Waals surface area contributed by atoms with Crippen molar-refractivity contribution in [3.8, 4) is 0 Å². The van der Waals surface area contributed by atoms with E-state index in [1.165, 1.54) is 32.4 Å². The van der Waals surface area contributed by atoms with Crippen molar-refractivity contribution in [2.24, 2.45) is 5.41 Å². The molecule has 0 saturated carbocycles. The van der Waals surface area contributed by atoms with Crippen LogP contribution >= 0.6 is 0 Å². The molecule has 3 heteroatoms. The molecule has 0 aromatic rings. The quantitative estimate of drug-likeness (QED) is 0.788. The molecule has 100 valence electrons. The van der Waals surface area contributed by atoms with Crippen molar-refractivity contribution in [1.29, 1.82) is 0 Å². The predicted octanol–water partition coefficient (Wildman–Crippen LogP) is 1.92. The minimum atomic E-state index is 0.188. The van der Waals surface area contributed by atoms with Gasteiger partial charge >= 0.3 is 0 Å². The molecule has 0 aliphatic carbocycles. The van der Waals surface area contributed by atoms with E-state index in [1.54, 1.807) is 0 Å². The summed E-state index contributed by atoms with van der Waals surface area (Å²) in [6, 6.07) is 0. The van der Waals surface area contributed by atoms with Crippen molar-refractivity contribution in [2.45, 2.75) is 58.1 Å². The van der Waals surface area contributed by atoms with Gasteiger partial charge < -0.3 is 15.4 Å². The van der Waals surface area contributed by atoms with Gasteiger partial charge in [0, 0.05) is 18.7 Å². The number of piperidine rings is 1. The molecule has 2 N–H and O–H groups in total. The van der Waals surface area contributed by atoms with Gasteiger partial charge in [0.05, 0.1) is 6.10 Å². The van der Waals surface area contributed by atoms with Gasteiger partial charge in [-0.1, -0.05) is 6.92 Å². The lowest BCUT2D eigenvalue weighted by Crippen LogP contribution is -2.53. The largest absolute Gasteiger partial charge is 0.377 e. The zero-order chi connectivity index (χ0) is 12.4. The fourth-order valence-corrected chi connectivity index (χ4v) is 3.07. The van der Waals surface area contributed by atoms with Crippen LogP contribution in [0.25, 0.3) is 0 Å². The van der Waals surface area contributed by atoms with E-state index in [-0.39, 0.29) is 5.54 Å². The van der Waals surface area contributed by atoms with Crippen molar-refractivity contribution in [3.63, 3.8) is 0 Å². The van der Waals surface area contributed by atoms with Crippen LogP contribution in [0.3, 0.4) is 0 Å². The molecule has 17 heavy (non-hydrogen) atoms. The number of hydrogen-bond acceptors (Lipinski definition) is 3. The summed E-state index contributed by atoms with van der Waals surface area (Å²) < 4.78 is 5.70. The molecule has 0 radical (unpaired) electrons. The van der Waals surface area contributed by atoms with Crippen molar-refractivity contribution < 1.29 is 4.74 Å². The molecule has 2 rings (SSSR count). The van der Waals surface area contributed by atoms with Crippen LogP contribution in [0.4, 0.5) is 0 Å². The molecule has 2 aliphatic rings. The second-order valence-corrected chi connectivity index (χ2v) is 6.14. The monoisotopic (exact) mass is 240 g/mol. The minimum absolute atomic E-state index is 0.188. The third kappa shape index (κ3) is 2.83. The number of nitrogens with one attached hydrogen (secondary N) is 2. The first-order valence-corrected chi connectivity index (χ1v) is 7.18. The van der Waals surface area contributed by atoms with E-state index in [1.807, 2.05) is 0 Å². The lowest BCUT2D eigenvalue weighted by molar-refractivity contribution is 0.0781. The Bertz CT molecular complexity index is 251. The Morgan fingerprint density at radius 1 is 1.29 bits per heavy atom. The molecule has 2 fully saturated rings. The van der Waals surface area contributed by atoms with Crippen LogP contribution in [-0.2, 0) is 4.74 Å². The Hall–Kier alpha value is -0.120. The summed E-state index contributed by atoms with van der Waals surface area (Å²) >= 11 is 0. The standard InChI is InChI=1S/C14H28N2O/c1-4-14(5-8-15-9-6-14)11-16-13(3)7-10-17-12(13)2/h12,15-16H,4-11H2,1-3H3. The summed E-state index contributed by atoms with van der Waals surface area (Å²) in [5, 5.41) is 7.28. The first-order chi connectivity index (χ1) is 8.10. The maximum Gasteiger partial charge on any atom is 0.0726 e. The predicted molar refractivity (Wildman–Crippen MR) is 71.3 cm³/mol. The van der Waals surface area contributed by atoms with Crippen LogP contribution in [0.5, 0.6) is 0 Å². The average Bonchev–Trinajstić information content (AvgIpc) is 2.69. The van der Waals surface area contributed by atoms with E-state index < -0.39 is 0 Å². The van der Waals surface area contributed by atoms with E-state index in [0.29, 0.717) is 11.5 Å². The fraction of sp³-hybridized carbons (Fsp3) is 1.00. The number of rotatable bonds is 4. The van der Waals surface area contributed by atoms with Gasteiger partial charge in [0.25, 0.3) is 0 Å². The van der Waals surface area contributed by atoms with Crippen LogP contribution in [0, 0.1) is 5.41 Å². The van der Waals surface area contributed by atoms with Crippen LogP contribution in [0.15, 0.2) is 0 Å². The molecule has 2 atom stereocenters. The Morgan fingerprint density at radius 3 is 2.53 bits per heavy atom. The Morgan fingerprint density at radius 2 is 2.00 bits per heavy atom. The van der Waals surface area contributed by atoms with E-state index in [4.69, 9.17) is 4.74 Å². The highest BCUT2D eigenvalue weighted by Crippen LogP contribution is 2.34. The lowest BCUT2D eigenvalue weighted by Gasteiger charge is -2.41. The molecule has 0 amide bonds. The minimum Gasteiger partial charge on any atom is -0.377 e. The Balaban J connectivity index is 1.91. The van der Waals surface area contributed by atoms with Crippen LogP contribution < -0.4 is 10.6 Å². The number of hydrogen-bond donors (Lipinski definition) is 2. The van der Waals surface area contributed by atoms with Gasteiger partial charge in [-0.3, -0.25) is 0 Å². The van der Waals surface area contributed by atoms with Crippen LogP contribution in [0.1, 0.15) is 46.5 Å². The molecule has 0 bridgehead atoms. The summed E-state index contributed by atoms with van der Waals surface area (Å²) in [6.45, 7) is 11.3. The topological polar surface area (TPSA) is 33.3 Å². The van der Waals surface area contributed by atoms with Crippen molar-refractivity contribution >= 4 is 0 Å². The first-order valence-electron chi connectivity index (χ1n) is 7.18.